The first-order chi connectivity index (χ1) is 11.2. The Bertz CT molecular complexity index is 569. The maximum absolute atomic E-state index is 6.07. The van der Waals surface area contributed by atoms with Crippen molar-refractivity contribution in [2.75, 3.05) is 26.2 Å². The second-order valence-corrected chi connectivity index (χ2v) is 7.93. The Labute approximate surface area is 142 Å². The average molecular weight is 334 g/mol. The summed E-state index contributed by atoms with van der Waals surface area (Å²) in [6.07, 6.45) is 4.47. The van der Waals surface area contributed by atoms with Gasteiger partial charge in [-0.1, -0.05) is 0 Å². The molecule has 1 N–H and O–H groups in total. The quantitative estimate of drug-likeness (QED) is 0.676. The topological polar surface area (TPSA) is 49.8 Å². The summed E-state index contributed by atoms with van der Waals surface area (Å²) in [5, 5.41) is 6.76. The molecule has 1 aromatic rings. The third-order valence-corrected chi connectivity index (χ3v) is 6.21. The summed E-state index contributed by atoms with van der Waals surface area (Å²) in [5.41, 5.74) is 1.16. The van der Waals surface area contributed by atoms with E-state index >= 15 is 0 Å². The van der Waals surface area contributed by atoms with Crippen LogP contribution < -0.4 is 5.32 Å². The standard InChI is InChI=1S/C17H26N4OS/c1-3-18-17(19-7-6-12-10-23-11(2)20-12)21-8-13-14(9-21)16-5-4-15(13)22-16/h10,13-16H,3-9H2,1-2H3,(H,18,19). The zero-order chi connectivity index (χ0) is 15.8. The van der Waals surface area contributed by atoms with Crippen LogP contribution in [0.3, 0.4) is 0 Å². The number of nitrogens with one attached hydrogen (secondary N) is 1. The Hall–Kier alpha value is -1.14. The highest BCUT2D eigenvalue weighted by molar-refractivity contribution is 7.09. The molecule has 3 aliphatic heterocycles. The summed E-state index contributed by atoms with van der Waals surface area (Å²) < 4.78 is 6.07. The molecule has 23 heavy (non-hydrogen) atoms. The van der Waals surface area contributed by atoms with E-state index in [1.807, 2.05) is 0 Å². The van der Waals surface area contributed by atoms with Crippen LogP contribution in [0.1, 0.15) is 30.5 Å². The Morgan fingerprint density at radius 1 is 1.39 bits per heavy atom. The molecule has 4 heterocycles. The van der Waals surface area contributed by atoms with Gasteiger partial charge < -0.3 is 15.0 Å². The Balaban J connectivity index is 1.38. The first kappa shape index (κ1) is 15.4. The zero-order valence-electron chi connectivity index (χ0n) is 14.0. The van der Waals surface area contributed by atoms with E-state index in [0.29, 0.717) is 12.2 Å². The molecule has 3 fully saturated rings. The van der Waals surface area contributed by atoms with Crippen LogP contribution in [-0.2, 0) is 11.2 Å². The van der Waals surface area contributed by atoms with Crippen molar-refractivity contribution in [3.8, 4) is 0 Å². The van der Waals surface area contributed by atoms with Crippen molar-refractivity contribution in [1.82, 2.24) is 15.2 Å². The number of guanidine groups is 1. The fourth-order valence-corrected chi connectivity index (χ4v) is 5.01. The number of nitrogens with zero attached hydrogens (tertiary/aromatic N) is 3. The molecule has 0 amide bonds. The van der Waals surface area contributed by atoms with Gasteiger partial charge in [-0.25, -0.2) is 4.98 Å². The van der Waals surface area contributed by atoms with Gasteiger partial charge in [-0.15, -0.1) is 11.3 Å². The van der Waals surface area contributed by atoms with Gasteiger partial charge in [-0.3, -0.25) is 4.99 Å². The predicted octanol–water partition coefficient (Wildman–Crippen LogP) is 2.07. The number of aryl methyl sites for hydroxylation is 1. The van der Waals surface area contributed by atoms with E-state index in [0.717, 1.165) is 61.1 Å². The van der Waals surface area contributed by atoms with Gasteiger partial charge in [0.2, 0.25) is 0 Å². The molecule has 4 unspecified atom stereocenters. The van der Waals surface area contributed by atoms with E-state index in [-0.39, 0.29) is 0 Å². The van der Waals surface area contributed by atoms with Gasteiger partial charge in [0.15, 0.2) is 5.96 Å². The number of rotatable bonds is 4. The number of hydrogen-bond donors (Lipinski definition) is 1. The third kappa shape index (κ3) is 2.98. The molecule has 6 heteroatoms. The molecule has 0 spiro atoms. The highest BCUT2D eigenvalue weighted by Crippen LogP contribution is 2.47. The molecule has 0 aliphatic carbocycles. The fraction of sp³-hybridized carbons (Fsp3) is 0.765. The summed E-state index contributed by atoms with van der Waals surface area (Å²) in [6.45, 7) is 8.13. The van der Waals surface area contributed by atoms with Crippen LogP contribution in [0, 0.1) is 18.8 Å². The zero-order valence-corrected chi connectivity index (χ0v) is 14.8. The molecule has 5 nitrogen and oxygen atoms in total. The van der Waals surface area contributed by atoms with E-state index in [4.69, 9.17) is 9.73 Å². The number of hydrogen-bond acceptors (Lipinski definition) is 4. The van der Waals surface area contributed by atoms with Crippen molar-refractivity contribution in [1.29, 1.82) is 0 Å². The van der Waals surface area contributed by atoms with Crippen molar-refractivity contribution in [3.05, 3.63) is 16.1 Å². The van der Waals surface area contributed by atoms with Gasteiger partial charge in [0, 0.05) is 49.8 Å². The van der Waals surface area contributed by atoms with Crippen molar-refractivity contribution >= 4 is 17.3 Å². The lowest BCUT2D eigenvalue weighted by Crippen LogP contribution is -2.41. The van der Waals surface area contributed by atoms with E-state index in [2.05, 4.69) is 34.4 Å². The number of aliphatic imine (C=N–C) groups is 1. The molecule has 4 atom stereocenters. The van der Waals surface area contributed by atoms with Crippen LogP contribution in [0.5, 0.6) is 0 Å². The first-order valence-electron chi connectivity index (χ1n) is 8.84. The normalized spacial score (nSPS) is 32.6. The second-order valence-electron chi connectivity index (χ2n) is 6.87. The molecule has 1 aromatic heterocycles. The molecular formula is C17H26N4OS. The van der Waals surface area contributed by atoms with Gasteiger partial charge >= 0.3 is 0 Å². The monoisotopic (exact) mass is 334 g/mol. The molecule has 3 saturated heterocycles. The van der Waals surface area contributed by atoms with Crippen LogP contribution in [0.4, 0.5) is 0 Å². The predicted molar refractivity (Wildman–Crippen MR) is 93.0 cm³/mol. The number of fused-ring (bicyclic) bond motifs is 5. The first-order valence-corrected chi connectivity index (χ1v) is 9.72. The molecule has 126 valence electrons. The van der Waals surface area contributed by atoms with Crippen molar-refractivity contribution < 1.29 is 4.74 Å². The van der Waals surface area contributed by atoms with Crippen LogP contribution in [0.2, 0.25) is 0 Å². The number of likely N-dealkylation sites (tertiary alicyclic amines) is 1. The van der Waals surface area contributed by atoms with Crippen LogP contribution in [0.15, 0.2) is 10.4 Å². The summed E-state index contributed by atoms with van der Waals surface area (Å²) in [4.78, 5) is 11.8. The van der Waals surface area contributed by atoms with Crippen molar-refractivity contribution in [2.24, 2.45) is 16.8 Å². The Morgan fingerprint density at radius 2 is 2.13 bits per heavy atom. The van der Waals surface area contributed by atoms with Gasteiger partial charge in [0.1, 0.15) is 0 Å². The molecule has 0 radical (unpaired) electrons. The molecule has 2 bridgehead atoms. The number of ether oxygens (including phenoxy) is 1. The van der Waals surface area contributed by atoms with Crippen LogP contribution >= 0.6 is 11.3 Å². The SMILES string of the molecule is CCNC(=NCCc1csc(C)n1)N1CC2C3CCC(O3)C2C1. The molecule has 0 aromatic carbocycles. The summed E-state index contributed by atoms with van der Waals surface area (Å²) >= 11 is 1.72. The van der Waals surface area contributed by atoms with Gasteiger partial charge in [0.25, 0.3) is 0 Å². The summed E-state index contributed by atoms with van der Waals surface area (Å²) in [7, 11) is 0. The van der Waals surface area contributed by atoms with Crippen LogP contribution in [0.25, 0.3) is 0 Å². The molecule has 3 aliphatic rings. The number of thiazole rings is 1. The minimum atomic E-state index is 0.510. The minimum absolute atomic E-state index is 0.510. The average Bonchev–Trinajstić information content (AvgIpc) is 3.28. The summed E-state index contributed by atoms with van der Waals surface area (Å²) in [5.74, 6) is 2.52. The Kier molecular flexibility index (Phi) is 4.28. The second kappa shape index (κ2) is 6.40. The Morgan fingerprint density at radius 3 is 2.74 bits per heavy atom. The van der Waals surface area contributed by atoms with Crippen molar-refractivity contribution in [2.45, 2.75) is 45.3 Å². The van der Waals surface area contributed by atoms with E-state index in [9.17, 15) is 0 Å². The van der Waals surface area contributed by atoms with E-state index in [1.165, 1.54) is 12.8 Å². The van der Waals surface area contributed by atoms with Gasteiger partial charge in [-0.2, -0.15) is 0 Å². The molecule has 4 rings (SSSR count). The smallest absolute Gasteiger partial charge is 0.193 e. The van der Waals surface area contributed by atoms with E-state index < -0.39 is 0 Å². The lowest BCUT2D eigenvalue weighted by Gasteiger charge is -2.23. The maximum atomic E-state index is 6.07. The highest BCUT2D eigenvalue weighted by atomic mass is 32.1. The lowest BCUT2D eigenvalue weighted by atomic mass is 9.82. The third-order valence-electron chi connectivity index (χ3n) is 5.38. The number of aromatic nitrogens is 1. The largest absolute Gasteiger partial charge is 0.374 e. The maximum Gasteiger partial charge on any atom is 0.193 e. The highest BCUT2D eigenvalue weighted by Gasteiger charge is 2.53. The molecular weight excluding hydrogens is 308 g/mol. The van der Waals surface area contributed by atoms with E-state index in [1.54, 1.807) is 11.3 Å². The minimum Gasteiger partial charge on any atom is -0.374 e. The molecule has 0 saturated carbocycles. The van der Waals surface area contributed by atoms with Crippen molar-refractivity contribution in [3.63, 3.8) is 0 Å². The lowest BCUT2D eigenvalue weighted by molar-refractivity contribution is 0.0767. The fourth-order valence-electron chi connectivity index (χ4n) is 4.36. The summed E-state index contributed by atoms with van der Waals surface area (Å²) in [6, 6.07) is 0. The van der Waals surface area contributed by atoms with Gasteiger partial charge in [0.05, 0.1) is 22.9 Å². The van der Waals surface area contributed by atoms with Crippen LogP contribution in [-0.4, -0.2) is 54.2 Å². The van der Waals surface area contributed by atoms with Gasteiger partial charge in [-0.05, 0) is 26.7 Å².